The van der Waals surface area contributed by atoms with Crippen LogP contribution < -0.4 is 21.3 Å². The zero-order valence-corrected chi connectivity index (χ0v) is 19.2. The molecule has 2 fully saturated rings. The molecule has 176 valence electrons. The number of amides is 8. The van der Waals surface area contributed by atoms with Gasteiger partial charge in [-0.3, -0.25) is 40.4 Å². The van der Waals surface area contributed by atoms with Crippen molar-refractivity contribution in [3.8, 4) is 0 Å². The first kappa shape index (κ1) is 26.7. The van der Waals surface area contributed by atoms with Gasteiger partial charge in [0.2, 0.25) is 23.6 Å². The van der Waals surface area contributed by atoms with Gasteiger partial charge in [-0.05, 0) is 32.1 Å². The number of barbiturate groups is 2. The van der Waals surface area contributed by atoms with Crippen molar-refractivity contribution in [3.05, 3.63) is 24.3 Å². The highest BCUT2D eigenvalue weighted by Crippen LogP contribution is 2.35. The van der Waals surface area contributed by atoms with Gasteiger partial charge < -0.3 is 0 Å². The third kappa shape index (κ3) is 4.79. The molecule has 8 amide bonds. The van der Waals surface area contributed by atoms with E-state index in [1.807, 2.05) is 19.9 Å². The lowest BCUT2D eigenvalue weighted by molar-refractivity contribution is -0.145. The summed E-state index contributed by atoms with van der Waals surface area (Å²) >= 11 is 0. The monoisotopic (exact) mass is 448 g/mol. The summed E-state index contributed by atoms with van der Waals surface area (Å²) < 4.78 is 0. The predicted octanol–water partition coefficient (Wildman–Crippen LogP) is 2.07. The Kier molecular flexibility index (Phi) is 9.05. The van der Waals surface area contributed by atoms with E-state index in [0.717, 1.165) is 12.8 Å². The van der Waals surface area contributed by atoms with Crippen LogP contribution in [0.3, 0.4) is 0 Å². The fraction of sp³-hybridized carbons (Fsp3) is 0.545. The molecule has 1 atom stereocenters. The van der Waals surface area contributed by atoms with E-state index >= 15 is 0 Å². The molecule has 1 unspecified atom stereocenters. The fourth-order valence-electron chi connectivity index (χ4n) is 4.03. The third-order valence-electron chi connectivity index (χ3n) is 5.97. The number of hydrogen-bond acceptors (Lipinski definition) is 6. The van der Waals surface area contributed by atoms with Gasteiger partial charge in [-0.2, -0.15) is 0 Å². The van der Waals surface area contributed by atoms with Crippen molar-refractivity contribution in [2.45, 2.75) is 60.3 Å². The smallest absolute Gasteiger partial charge is 0.277 e. The number of rotatable bonds is 7. The standard InChI is InChI=1S/2C11H16N2O3/c2*1-4-6-7(3)11(5-2)8(14)12-10(16)13-9(11)15/h6H,4-5H2,1-3H3,(H2,12,13,14,15,16);5,7H,2,4,6H2,1,3H3,(H2,12,13,14,15,16)/b7-6+;. The Morgan fingerprint density at radius 3 is 1.66 bits per heavy atom. The number of nitrogens with one attached hydrogen (secondary N) is 4. The van der Waals surface area contributed by atoms with Crippen molar-refractivity contribution in [2.24, 2.45) is 16.7 Å². The van der Waals surface area contributed by atoms with Crippen LogP contribution in [0, 0.1) is 16.7 Å². The number of allylic oxidation sites excluding steroid dienone is 1. The van der Waals surface area contributed by atoms with Crippen LogP contribution in [0.5, 0.6) is 0 Å². The Labute approximate surface area is 187 Å². The molecule has 0 aromatic rings. The Morgan fingerprint density at radius 2 is 1.31 bits per heavy atom. The molecule has 0 aromatic carbocycles. The number of carbonyl (C=O) groups excluding carboxylic acids is 6. The van der Waals surface area contributed by atoms with Crippen LogP contribution in [0.25, 0.3) is 0 Å². The third-order valence-corrected chi connectivity index (χ3v) is 5.97. The highest BCUT2D eigenvalue weighted by molar-refractivity contribution is 6.21. The van der Waals surface area contributed by atoms with Gasteiger partial charge in [0.1, 0.15) is 10.8 Å². The lowest BCUT2D eigenvalue weighted by Crippen LogP contribution is -2.63. The molecule has 2 saturated heterocycles. The lowest BCUT2D eigenvalue weighted by Gasteiger charge is -2.35. The summed E-state index contributed by atoms with van der Waals surface area (Å²) in [6, 6.07) is -1.51. The summed E-state index contributed by atoms with van der Waals surface area (Å²) in [5.74, 6) is -2.44. The highest BCUT2D eigenvalue weighted by Gasteiger charge is 2.51. The Balaban J connectivity index is 0.000000320. The van der Waals surface area contributed by atoms with Crippen molar-refractivity contribution < 1.29 is 28.8 Å². The molecule has 0 radical (unpaired) electrons. The molecular weight excluding hydrogens is 416 g/mol. The second-order valence-corrected chi connectivity index (χ2v) is 7.79. The summed E-state index contributed by atoms with van der Waals surface area (Å²) in [6.07, 6.45) is 5.79. The first-order chi connectivity index (χ1) is 15.0. The SMILES string of the molecule is C=CC1(C(C)CCC)C(=O)NC(=O)NC1=O.CC/C=C(\C)C1(CC)C(=O)NC(=O)NC1=O. The van der Waals surface area contributed by atoms with E-state index in [9.17, 15) is 28.8 Å². The first-order valence-electron chi connectivity index (χ1n) is 10.6. The second kappa shape index (κ2) is 10.8. The van der Waals surface area contributed by atoms with Crippen molar-refractivity contribution >= 4 is 35.7 Å². The van der Waals surface area contributed by atoms with Crippen LogP contribution in [0.2, 0.25) is 0 Å². The molecule has 2 aliphatic rings. The molecule has 0 saturated carbocycles. The summed E-state index contributed by atoms with van der Waals surface area (Å²) in [5.41, 5.74) is -1.88. The van der Waals surface area contributed by atoms with Crippen molar-refractivity contribution in [2.75, 3.05) is 0 Å². The molecule has 10 heteroatoms. The fourth-order valence-corrected chi connectivity index (χ4v) is 4.03. The van der Waals surface area contributed by atoms with Gasteiger partial charge in [-0.15, -0.1) is 6.58 Å². The van der Waals surface area contributed by atoms with E-state index in [1.165, 1.54) is 6.08 Å². The Morgan fingerprint density at radius 1 is 0.875 bits per heavy atom. The Hall–Kier alpha value is -3.30. The maximum absolute atomic E-state index is 11.9. The number of imide groups is 4. The van der Waals surface area contributed by atoms with Crippen LogP contribution in [0.4, 0.5) is 9.59 Å². The zero-order valence-electron chi connectivity index (χ0n) is 19.2. The quantitative estimate of drug-likeness (QED) is 0.346. The molecule has 10 nitrogen and oxygen atoms in total. The van der Waals surface area contributed by atoms with Gasteiger partial charge in [0.05, 0.1) is 0 Å². The van der Waals surface area contributed by atoms with E-state index in [2.05, 4.69) is 27.8 Å². The van der Waals surface area contributed by atoms with Crippen LogP contribution in [0.1, 0.15) is 60.3 Å². The molecule has 2 rings (SSSR count). The average Bonchev–Trinajstić information content (AvgIpc) is 2.69. The van der Waals surface area contributed by atoms with E-state index in [-0.39, 0.29) is 5.92 Å². The van der Waals surface area contributed by atoms with Crippen molar-refractivity contribution in [3.63, 3.8) is 0 Å². The van der Waals surface area contributed by atoms with Gasteiger partial charge in [-0.25, -0.2) is 9.59 Å². The minimum absolute atomic E-state index is 0.192. The minimum Gasteiger partial charge on any atom is -0.277 e. The summed E-state index contributed by atoms with van der Waals surface area (Å²) in [4.78, 5) is 69.3. The van der Waals surface area contributed by atoms with E-state index in [0.29, 0.717) is 18.4 Å². The molecule has 0 aliphatic carbocycles. The summed E-state index contributed by atoms with van der Waals surface area (Å²) in [7, 11) is 0. The van der Waals surface area contributed by atoms with E-state index in [1.54, 1.807) is 20.8 Å². The number of carbonyl (C=O) groups is 6. The molecule has 32 heavy (non-hydrogen) atoms. The highest BCUT2D eigenvalue weighted by atomic mass is 16.2. The topological polar surface area (TPSA) is 151 Å². The predicted molar refractivity (Wildman–Crippen MR) is 117 cm³/mol. The van der Waals surface area contributed by atoms with E-state index < -0.39 is 46.5 Å². The van der Waals surface area contributed by atoms with Crippen LogP contribution in [-0.2, 0) is 19.2 Å². The van der Waals surface area contributed by atoms with Crippen molar-refractivity contribution in [1.29, 1.82) is 0 Å². The average molecular weight is 449 g/mol. The van der Waals surface area contributed by atoms with Crippen molar-refractivity contribution in [1.82, 2.24) is 21.3 Å². The molecule has 4 N–H and O–H groups in total. The van der Waals surface area contributed by atoms with Gasteiger partial charge in [-0.1, -0.05) is 51.8 Å². The number of urea groups is 2. The zero-order chi connectivity index (χ0) is 24.7. The molecule has 0 spiro atoms. The molecule has 0 bridgehead atoms. The van der Waals surface area contributed by atoms with Crippen LogP contribution in [-0.4, -0.2) is 35.7 Å². The summed E-state index contributed by atoms with van der Waals surface area (Å²) in [5, 5.41) is 8.50. The Bertz CT molecular complexity index is 820. The molecule has 2 aliphatic heterocycles. The molecule has 2 heterocycles. The second-order valence-electron chi connectivity index (χ2n) is 7.79. The maximum Gasteiger partial charge on any atom is 0.328 e. The molecular formula is C22H32N4O6. The van der Waals surface area contributed by atoms with Gasteiger partial charge in [0.25, 0.3) is 0 Å². The van der Waals surface area contributed by atoms with Gasteiger partial charge in [0.15, 0.2) is 0 Å². The van der Waals surface area contributed by atoms with E-state index in [4.69, 9.17) is 0 Å². The van der Waals surface area contributed by atoms with Gasteiger partial charge in [0, 0.05) is 0 Å². The maximum atomic E-state index is 11.9. The minimum atomic E-state index is -1.33. The normalized spacial score (nSPS) is 20.7. The largest absolute Gasteiger partial charge is 0.328 e. The first-order valence-corrected chi connectivity index (χ1v) is 10.6. The number of hydrogen-bond donors (Lipinski definition) is 4. The molecule has 0 aromatic heterocycles. The van der Waals surface area contributed by atoms with Crippen LogP contribution in [0.15, 0.2) is 24.3 Å². The lowest BCUT2D eigenvalue weighted by atomic mass is 9.72. The van der Waals surface area contributed by atoms with Gasteiger partial charge >= 0.3 is 12.1 Å². The summed E-state index contributed by atoms with van der Waals surface area (Å²) in [6.45, 7) is 12.7. The van der Waals surface area contributed by atoms with Crippen LogP contribution >= 0.6 is 0 Å².